The second-order valence-electron chi connectivity index (χ2n) is 7.07. The number of benzene rings is 1. The smallest absolute Gasteiger partial charge is 0.338 e. The third-order valence-corrected chi connectivity index (χ3v) is 4.63. The van der Waals surface area contributed by atoms with Gasteiger partial charge in [-0.2, -0.15) is 0 Å². The van der Waals surface area contributed by atoms with Gasteiger partial charge >= 0.3 is 5.97 Å². The summed E-state index contributed by atoms with van der Waals surface area (Å²) in [6, 6.07) is 5.39. The zero-order valence-corrected chi connectivity index (χ0v) is 16.4. The molecule has 0 bridgehead atoms. The van der Waals surface area contributed by atoms with Crippen molar-refractivity contribution in [1.29, 1.82) is 0 Å². The summed E-state index contributed by atoms with van der Waals surface area (Å²) >= 11 is 0. The Hall–Kier alpha value is -2.24. The van der Waals surface area contributed by atoms with Crippen molar-refractivity contribution in [2.75, 3.05) is 6.61 Å². The number of carbonyl (C=O) groups excluding carboxylic acids is 2. The summed E-state index contributed by atoms with van der Waals surface area (Å²) < 4.78 is 5.40. The highest BCUT2D eigenvalue weighted by Gasteiger charge is 2.15. The fraction of sp³-hybridized carbons (Fsp3) is 0.619. The molecule has 27 heavy (non-hydrogen) atoms. The molecule has 6 heteroatoms. The van der Waals surface area contributed by atoms with E-state index in [-0.39, 0.29) is 24.0 Å². The Morgan fingerprint density at radius 2 is 1.67 bits per heavy atom. The van der Waals surface area contributed by atoms with Crippen LogP contribution in [0.2, 0.25) is 0 Å². The molecule has 0 radical (unpaired) electrons. The summed E-state index contributed by atoms with van der Waals surface area (Å²) in [4.78, 5) is 33.6. The molecule has 0 heterocycles. The molecule has 0 spiro atoms. The van der Waals surface area contributed by atoms with E-state index in [1.807, 2.05) is 0 Å². The van der Waals surface area contributed by atoms with Gasteiger partial charge in [0.2, 0.25) is 0 Å². The minimum Gasteiger partial charge on any atom is -0.462 e. The van der Waals surface area contributed by atoms with Crippen LogP contribution in [0.5, 0.6) is 0 Å². The predicted octanol–water partition coefficient (Wildman–Crippen LogP) is 5.49. The first-order valence-electron chi connectivity index (χ1n) is 9.85. The normalized spacial score (nSPS) is 11.8. The van der Waals surface area contributed by atoms with Gasteiger partial charge in [0, 0.05) is 18.6 Å². The van der Waals surface area contributed by atoms with Gasteiger partial charge in [-0.1, -0.05) is 45.4 Å². The molecule has 6 nitrogen and oxygen atoms in total. The van der Waals surface area contributed by atoms with Crippen LogP contribution in [0.15, 0.2) is 24.3 Å². The average molecular weight is 377 g/mol. The van der Waals surface area contributed by atoms with Crippen LogP contribution >= 0.6 is 0 Å². The lowest BCUT2D eigenvalue weighted by atomic mass is 9.95. The molecule has 0 fully saturated rings. The minimum atomic E-state index is -0.507. The average Bonchev–Trinajstić information content (AvgIpc) is 2.65. The number of unbranched alkanes of at least 4 members (excludes halogenated alkanes) is 5. The molecule has 0 amide bonds. The number of nitro groups is 1. The summed E-state index contributed by atoms with van der Waals surface area (Å²) in [5.41, 5.74) is 0.236. The maximum atomic E-state index is 12.2. The van der Waals surface area contributed by atoms with Gasteiger partial charge in [0.1, 0.15) is 5.78 Å². The Morgan fingerprint density at radius 3 is 2.26 bits per heavy atom. The number of ketones is 1. The molecule has 0 unspecified atom stereocenters. The van der Waals surface area contributed by atoms with Crippen molar-refractivity contribution in [1.82, 2.24) is 0 Å². The zero-order valence-electron chi connectivity index (χ0n) is 16.4. The van der Waals surface area contributed by atoms with Gasteiger partial charge < -0.3 is 9.53 Å². The number of nitro benzene ring substituents is 1. The molecular weight excluding hydrogens is 346 g/mol. The maximum Gasteiger partial charge on any atom is 0.338 e. The molecule has 1 aromatic rings. The van der Waals surface area contributed by atoms with Gasteiger partial charge in [0.25, 0.3) is 5.69 Å². The maximum absolute atomic E-state index is 12.2. The largest absolute Gasteiger partial charge is 0.462 e. The second-order valence-corrected chi connectivity index (χ2v) is 7.07. The van der Waals surface area contributed by atoms with Crippen LogP contribution in [0.1, 0.15) is 82.0 Å². The number of hydrogen-bond donors (Lipinski definition) is 0. The number of non-ortho nitro benzene ring substituents is 1. The van der Waals surface area contributed by atoms with Crippen LogP contribution in [0.4, 0.5) is 5.69 Å². The minimum absolute atomic E-state index is 0.0612. The number of esters is 1. The highest BCUT2D eigenvalue weighted by atomic mass is 16.6. The molecule has 1 rings (SSSR count). The van der Waals surface area contributed by atoms with Gasteiger partial charge in [-0.25, -0.2) is 4.79 Å². The molecule has 1 aromatic carbocycles. The molecule has 1 atom stereocenters. The van der Waals surface area contributed by atoms with Crippen molar-refractivity contribution >= 4 is 17.4 Å². The van der Waals surface area contributed by atoms with Crippen LogP contribution in [-0.2, 0) is 9.53 Å². The SMILES string of the molecule is CCCCCCCC[C@H](CCC(C)=O)COC(=O)c1ccc([N+](=O)[O-])cc1. The van der Waals surface area contributed by atoms with Crippen LogP contribution in [0, 0.1) is 16.0 Å². The Bertz CT molecular complexity index is 597. The van der Waals surface area contributed by atoms with Crippen molar-refractivity contribution in [2.24, 2.45) is 5.92 Å². The van der Waals surface area contributed by atoms with Crippen LogP contribution in [-0.4, -0.2) is 23.3 Å². The van der Waals surface area contributed by atoms with Gasteiger partial charge in [-0.05, 0) is 37.8 Å². The predicted molar refractivity (Wildman–Crippen MR) is 105 cm³/mol. The van der Waals surface area contributed by atoms with E-state index in [9.17, 15) is 19.7 Å². The van der Waals surface area contributed by atoms with Gasteiger partial charge in [0.15, 0.2) is 0 Å². The standard InChI is InChI=1S/C21H31NO5/c1-3-4-5-6-7-8-9-18(11-10-17(2)23)16-27-21(24)19-12-14-20(15-13-19)22(25)26/h12-15,18H,3-11,16H2,1-2H3/t18-/m1/s1. The first kappa shape index (κ1) is 22.8. The first-order chi connectivity index (χ1) is 12.9. The first-order valence-corrected chi connectivity index (χ1v) is 9.85. The number of ether oxygens (including phenoxy) is 1. The van der Waals surface area contributed by atoms with E-state index >= 15 is 0 Å². The van der Waals surface area contributed by atoms with E-state index in [1.165, 1.54) is 49.9 Å². The van der Waals surface area contributed by atoms with Gasteiger partial charge in [-0.3, -0.25) is 10.1 Å². The Kier molecular flexibility index (Phi) is 11.0. The van der Waals surface area contributed by atoms with E-state index in [1.54, 1.807) is 6.92 Å². The van der Waals surface area contributed by atoms with Crippen LogP contribution < -0.4 is 0 Å². The fourth-order valence-electron chi connectivity index (χ4n) is 2.93. The third-order valence-electron chi connectivity index (χ3n) is 4.63. The summed E-state index contributed by atoms with van der Waals surface area (Å²) in [6.07, 6.45) is 9.34. The summed E-state index contributed by atoms with van der Waals surface area (Å²) in [6.45, 7) is 4.04. The molecule has 0 aliphatic heterocycles. The number of hydrogen-bond acceptors (Lipinski definition) is 5. The van der Waals surface area contributed by atoms with E-state index in [2.05, 4.69) is 6.92 Å². The highest BCUT2D eigenvalue weighted by Crippen LogP contribution is 2.19. The lowest BCUT2D eigenvalue weighted by Crippen LogP contribution is -2.15. The molecule has 0 aliphatic rings. The van der Waals surface area contributed by atoms with E-state index in [0.717, 1.165) is 25.7 Å². The van der Waals surface area contributed by atoms with Crippen molar-refractivity contribution in [3.63, 3.8) is 0 Å². The van der Waals surface area contributed by atoms with E-state index in [4.69, 9.17) is 4.74 Å². The topological polar surface area (TPSA) is 86.5 Å². The number of carbonyl (C=O) groups is 2. The van der Waals surface area contributed by atoms with Crippen LogP contribution in [0.25, 0.3) is 0 Å². The molecule has 150 valence electrons. The summed E-state index contributed by atoms with van der Waals surface area (Å²) in [5, 5.41) is 10.7. The van der Waals surface area contributed by atoms with Crippen molar-refractivity contribution in [3.05, 3.63) is 39.9 Å². The number of rotatable bonds is 14. The highest BCUT2D eigenvalue weighted by molar-refractivity contribution is 5.89. The lowest BCUT2D eigenvalue weighted by molar-refractivity contribution is -0.384. The molecule has 0 saturated carbocycles. The van der Waals surface area contributed by atoms with Crippen molar-refractivity contribution < 1.29 is 19.2 Å². The molecule has 0 aliphatic carbocycles. The fourth-order valence-corrected chi connectivity index (χ4v) is 2.93. The van der Waals surface area contributed by atoms with Gasteiger partial charge in [0.05, 0.1) is 17.1 Å². The van der Waals surface area contributed by atoms with Crippen molar-refractivity contribution in [3.8, 4) is 0 Å². The summed E-state index contributed by atoms with van der Waals surface area (Å²) in [5.74, 6) is -0.174. The van der Waals surface area contributed by atoms with E-state index < -0.39 is 10.9 Å². The zero-order chi connectivity index (χ0) is 20.1. The monoisotopic (exact) mass is 377 g/mol. The Balaban J connectivity index is 2.46. The molecular formula is C21H31NO5. The Morgan fingerprint density at radius 1 is 1.04 bits per heavy atom. The summed E-state index contributed by atoms with van der Waals surface area (Å²) in [7, 11) is 0. The van der Waals surface area contributed by atoms with Crippen molar-refractivity contribution in [2.45, 2.75) is 71.6 Å². The van der Waals surface area contributed by atoms with Crippen LogP contribution in [0.3, 0.4) is 0 Å². The Labute approximate surface area is 161 Å². The molecule has 0 saturated heterocycles. The molecule has 0 aromatic heterocycles. The number of Topliss-reactive ketones (excluding diaryl/α,β-unsaturated/α-hetero) is 1. The van der Waals surface area contributed by atoms with Gasteiger partial charge in [-0.15, -0.1) is 0 Å². The molecule has 0 N–H and O–H groups in total. The quantitative estimate of drug-likeness (QED) is 0.185. The third kappa shape index (κ3) is 9.87. The second kappa shape index (κ2) is 13.0. The lowest BCUT2D eigenvalue weighted by Gasteiger charge is -2.16. The van der Waals surface area contributed by atoms with E-state index in [0.29, 0.717) is 12.0 Å². The number of nitrogens with zero attached hydrogens (tertiary/aromatic N) is 1.